The summed E-state index contributed by atoms with van der Waals surface area (Å²) >= 11 is 0. The third-order valence-electron chi connectivity index (χ3n) is 4.15. The lowest BCUT2D eigenvalue weighted by molar-refractivity contribution is 0.0953. The smallest absolute Gasteiger partial charge is 0.251 e. The molecule has 1 fully saturated rings. The summed E-state index contributed by atoms with van der Waals surface area (Å²) in [7, 11) is 0. The normalized spacial score (nSPS) is 16.0. The molecule has 2 N–H and O–H groups in total. The first-order chi connectivity index (χ1) is 9.34. The largest absolute Gasteiger partial charge is 0.361 e. The highest BCUT2D eigenvalue weighted by Crippen LogP contribution is 2.27. The first kappa shape index (κ1) is 12.3. The van der Waals surface area contributed by atoms with Gasteiger partial charge in [0.15, 0.2) is 0 Å². The molecule has 0 radical (unpaired) electrons. The highest BCUT2D eigenvalue weighted by molar-refractivity contribution is 6.06. The van der Waals surface area contributed by atoms with Gasteiger partial charge in [0.2, 0.25) is 0 Å². The van der Waals surface area contributed by atoms with E-state index in [1.165, 1.54) is 25.7 Å². The first-order valence-electron chi connectivity index (χ1n) is 7.19. The van der Waals surface area contributed by atoms with Gasteiger partial charge in [0.1, 0.15) is 0 Å². The Morgan fingerprint density at radius 1 is 1.26 bits per heavy atom. The summed E-state index contributed by atoms with van der Waals surface area (Å²) in [6.45, 7) is 0.796. The summed E-state index contributed by atoms with van der Waals surface area (Å²) in [6, 6.07) is 7.76. The molecule has 3 heteroatoms. The maximum atomic E-state index is 12.2. The Bertz CT molecular complexity index is 567. The summed E-state index contributed by atoms with van der Waals surface area (Å²) < 4.78 is 0. The number of fused-ring (bicyclic) bond motifs is 1. The second-order valence-electron chi connectivity index (χ2n) is 5.44. The van der Waals surface area contributed by atoms with Crippen molar-refractivity contribution in [1.82, 2.24) is 10.3 Å². The number of carbonyl (C=O) groups excluding carboxylic acids is 1. The number of aromatic amines is 1. The SMILES string of the molecule is O=C(NCCC1CCCC1)c1cccc2[nH]ccc12. The predicted octanol–water partition coefficient (Wildman–Crippen LogP) is 3.48. The van der Waals surface area contributed by atoms with Gasteiger partial charge in [-0.15, -0.1) is 0 Å². The van der Waals surface area contributed by atoms with Gasteiger partial charge in [-0.25, -0.2) is 0 Å². The highest BCUT2D eigenvalue weighted by atomic mass is 16.1. The van der Waals surface area contributed by atoms with Crippen LogP contribution in [0.5, 0.6) is 0 Å². The molecule has 0 aliphatic heterocycles. The number of benzene rings is 1. The molecule has 3 rings (SSSR count). The number of amides is 1. The van der Waals surface area contributed by atoms with Crippen molar-refractivity contribution < 1.29 is 4.79 Å². The molecule has 1 heterocycles. The molecule has 1 amide bonds. The lowest BCUT2D eigenvalue weighted by atomic mass is 10.0. The van der Waals surface area contributed by atoms with Crippen molar-refractivity contribution in [3.05, 3.63) is 36.0 Å². The summed E-state index contributed by atoms with van der Waals surface area (Å²) in [5.74, 6) is 0.867. The number of hydrogen-bond acceptors (Lipinski definition) is 1. The van der Waals surface area contributed by atoms with E-state index in [-0.39, 0.29) is 5.91 Å². The Morgan fingerprint density at radius 2 is 2.11 bits per heavy atom. The number of aromatic nitrogens is 1. The van der Waals surface area contributed by atoms with E-state index in [1.807, 2.05) is 30.5 Å². The monoisotopic (exact) mass is 256 g/mol. The van der Waals surface area contributed by atoms with Crippen LogP contribution in [0.25, 0.3) is 10.9 Å². The molecule has 0 unspecified atom stereocenters. The van der Waals surface area contributed by atoms with Gasteiger partial charge in [-0.1, -0.05) is 31.7 Å². The van der Waals surface area contributed by atoms with Gasteiger partial charge in [0, 0.05) is 29.2 Å². The summed E-state index contributed by atoms with van der Waals surface area (Å²) in [5, 5.41) is 4.06. The number of nitrogens with one attached hydrogen (secondary N) is 2. The molecule has 1 aliphatic rings. The van der Waals surface area contributed by atoms with E-state index >= 15 is 0 Å². The number of carbonyl (C=O) groups is 1. The Balaban J connectivity index is 1.62. The fourth-order valence-electron chi connectivity index (χ4n) is 3.07. The minimum absolute atomic E-state index is 0.0446. The van der Waals surface area contributed by atoms with Crippen molar-refractivity contribution in [3.63, 3.8) is 0 Å². The second kappa shape index (κ2) is 5.47. The molecule has 2 aromatic rings. The quantitative estimate of drug-likeness (QED) is 0.864. The van der Waals surface area contributed by atoms with Crippen molar-refractivity contribution in [3.8, 4) is 0 Å². The Kier molecular flexibility index (Phi) is 3.53. The third-order valence-corrected chi connectivity index (χ3v) is 4.15. The Labute approximate surface area is 113 Å². The lowest BCUT2D eigenvalue weighted by Crippen LogP contribution is -2.25. The zero-order valence-electron chi connectivity index (χ0n) is 11.1. The molecule has 1 aliphatic carbocycles. The minimum Gasteiger partial charge on any atom is -0.361 e. The van der Waals surface area contributed by atoms with Crippen molar-refractivity contribution in [1.29, 1.82) is 0 Å². The predicted molar refractivity (Wildman–Crippen MR) is 77.2 cm³/mol. The standard InChI is InChI=1S/C16H20N2O/c19-16(18-10-8-12-4-1-2-5-12)14-6-3-7-15-13(14)9-11-17-15/h3,6-7,9,11-12,17H,1-2,4-5,8,10H2,(H,18,19). The maximum absolute atomic E-state index is 12.2. The molecule has 19 heavy (non-hydrogen) atoms. The van der Waals surface area contributed by atoms with Crippen molar-refractivity contribution in [2.75, 3.05) is 6.54 Å². The number of hydrogen-bond donors (Lipinski definition) is 2. The average Bonchev–Trinajstić information content (AvgIpc) is 3.08. The van der Waals surface area contributed by atoms with Crippen LogP contribution in [0, 0.1) is 5.92 Å². The lowest BCUT2D eigenvalue weighted by Gasteiger charge is -2.10. The van der Waals surface area contributed by atoms with E-state index < -0.39 is 0 Å². The molecule has 1 aromatic heterocycles. The van der Waals surface area contributed by atoms with Crippen LogP contribution in [0.3, 0.4) is 0 Å². The van der Waals surface area contributed by atoms with E-state index in [0.717, 1.165) is 35.3 Å². The van der Waals surface area contributed by atoms with Crippen molar-refractivity contribution in [2.45, 2.75) is 32.1 Å². The molecule has 100 valence electrons. The molecule has 3 nitrogen and oxygen atoms in total. The molecule has 0 spiro atoms. The van der Waals surface area contributed by atoms with E-state index in [9.17, 15) is 4.79 Å². The van der Waals surface area contributed by atoms with E-state index in [2.05, 4.69) is 10.3 Å². The maximum Gasteiger partial charge on any atom is 0.251 e. The van der Waals surface area contributed by atoms with Gasteiger partial charge >= 0.3 is 0 Å². The van der Waals surface area contributed by atoms with Crippen LogP contribution in [-0.4, -0.2) is 17.4 Å². The van der Waals surface area contributed by atoms with Crippen LogP contribution in [0.2, 0.25) is 0 Å². The highest BCUT2D eigenvalue weighted by Gasteiger charge is 2.15. The summed E-state index contributed by atoms with van der Waals surface area (Å²) in [5.41, 5.74) is 1.79. The molecular formula is C16H20N2O. The minimum atomic E-state index is 0.0446. The van der Waals surface area contributed by atoms with Crippen molar-refractivity contribution in [2.24, 2.45) is 5.92 Å². The molecular weight excluding hydrogens is 236 g/mol. The van der Waals surface area contributed by atoms with Gasteiger partial charge in [-0.05, 0) is 30.5 Å². The fraction of sp³-hybridized carbons (Fsp3) is 0.438. The molecule has 0 atom stereocenters. The van der Waals surface area contributed by atoms with Crippen LogP contribution in [0.15, 0.2) is 30.5 Å². The van der Waals surface area contributed by atoms with E-state index in [1.54, 1.807) is 0 Å². The average molecular weight is 256 g/mol. The van der Waals surface area contributed by atoms with Crippen LogP contribution in [0.1, 0.15) is 42.5 Å². The van der Waals surface area contributed by atoms with Crippen molar-refractivity contribution >= 4 is 16.8 Å². The fourth-order valence-corrected chi connectivity index (χ4v) is 3.07. The van der Waals surface area contributed by atoms with Gasteiger partial charge in [-0.3, -0.25) is 4.79 Å². The topological polar surface area (TPSA) is 44.9 Å². The second-order valence-corrected chi connectivity index (χ2v) is 5.44. The molecule has 0 saturated heterocycles. The zero-order valence-corrected chi connectivity index (χ0v) is 11.1. The van der Waals surface area contributed by atoms with E-state index in [4.69, 9.17) is 0 Å². The van der Waals surface area contributed by atoms with Crippen LogP contribution >= 0.6 is 0 Å². The van der Waals surface area contributed by atoms with Gasteiger partial charge in [0.05, 0.1) is 0 Å². The number of rotatable bonds is 4. The third kappa shape index (κ3) is 2.65. The Morgan fingerprint density at radius 3 is 2.95 bits per heavy atom. The van der Waals surface area contributed by atoms with Crippen LogP contribution in [0.4, 0.5) is 0 Å². The van der Waals surface area contributed by atoms with Crippen LogP contribution in [-0.2, 0) is 0 Å². The molecule has 1 aromatic carbocycles. The molecule has 0 bridgehead atoms. The van der Waals surface area contributed by atoms with E-state index in [0.29, 0.717) is 0 Å². The van der Waals surface area contributed by atoms with Gasteiger partial charge < -0.3 is 10.3 Å². The van der Waals surface area contributed by atoms with Gasteiger partial charge in [0.25, 0.3) is 5.91 Å². The molecule has 1 saturated carbocycles. The van der Waals surface area contributed by atoms with Gasteiger partial charge in [-0.2, -0.15) is 0 Å². The summed E-state index contributed by atoms with van der Waals surface area (Å²) in [6.07, 6.45) is 8.39. The number of H-pyrrole nitrogens is 1. The summed E-state index contributed by atoms with van der Waals surface area (Å²) in [4.78, 5) is 15.3. The Hall–Kier alpha value is -1.77. The van der Waals surface area contributed by atoms with Crippen LogP contribution < -0.4 is 5.32 Å². The first-order valence-corrected chi connectivity index (χ1v) is 7.19. The zero-order chi connectivity index (χ0) is 13.1.